The number of halogens is 6. The summed E-state index contributed by atoms with van der Waals surface area (Å²) in [5, 5.41) is -0.109. The lowest BCUT2D eigenvalue weighted by Gasteiger charge is -2.36. The fourth-order valence-corrected chi connectivity index (χ4v) is 3.42. The predicted molar refractivity (Wildman–Crippen MR) is 96.5 cm³/mol. The topological polar surface area (TPSA) is 36.4 Å². The molecule has 1 aliphatic rings. The Labute approximate surface area is 165 Å². The minimum Gasteiger partial charge on any atom is -0.352 e. The number of piperazine rings is 1. The number of aromatic nitrogens is 1. The minimum absolute atomic E-state index is 0.0384. The molecule has 1 saturated heterocycles. The molecule has 1 aromatic carbocycles. The summed E-state index contributed by atoms with van der Waals surface area (Å²) >= 11 is 9.17. The summed E-state index contributed by atoms with van der Waals surface area (Å²) < 4.78 is 52.6. The Balaban J connectivity index is 1.70. The van der Waals surface area contributed by atoms with Gasteiger partial charge in [-0.1, -0.05) is 27.5 Å². The number of benzene rings is 1. The fourth-order valence-electron chi connectivity index (χ4n) is 2.77. The first-order chi connectivity index (χ1) is 12.7. The minimum atomic E-state index is -4.52. The second kappa shape index (κ2) is 7.63. The van der Waals surface area contributed by atoms with E-state index >= 15 is 0 Å². The quantitative estimate of drug-likeness (QED) is 0.606. The largest absolute Gasteiger partial charge is 0.417 e. The molecular formula is C17H13BrClF4N3O. The van der Waals surface area contributed by atoms with E-state index in [1.807, 2.05) is 0 Å². The van der Waals surface area contributed by atoms with Crippen LogP contribution in [-0.4, -0.2) is 42.0 Å². The summed E-state index contributed by atoms with van der Waals surface area (Å²) in [7, 11) is 0. The van der Waals surface area contributed by atoms with Crippen LogP contribution in [0.5, 0.6) is 0 Å². The maximum Gasteiger partial charge on any atom is 0.417 e. The standard InChI is InChI=1S/C17H13BrClF4N3O/c18-11-1-2-14(20)12(8-11)16(27)26-5-3-25(4-6-26)15-13(19)7-10(9-24-15)17(21,22)23/h1-2,7-9H,3-6H2. The van der Waals surface area contributed by atoms with E-state index in [9.17, 15) is 22.4 Å². The number of alkyl halides is 3. The molecule has 3 rings (SSSR count). The SMILES string of the molecule is O=C(c1cc(Br)ccc1F)N1CCN(c2ncc(C(F)(F)F)cc2Cl)CC1. The van der Waals surface area contributed by atoms with Gasteiger partial charge in [-0.2, -0.15) is 13.2 Å². The predicted octanol–water partition coefficient (Wildman–Crippen LogP) is 4.62. The van der Waals surface area contributed by atoms with Gasteiger partial charge in [-0.05, 0) is 24.3 Å². The zero-order chi connectivity index (χ0) is 19.8. The molecule has 0 atom stereocenters. The highest BCUT2D eigenvalue weighted by Gasteiger charge is 2.32. The molecule has 0 unspecified atom stereocenters. The molecule has 0 bridgehead atoms. The Morgan fingerprint density at radius 3 is 2.41 bits per heavy atom. The van der Waals surface area contributed by atoms with Gasteiger partial charge >= 0.3 is 6.18 Å². The zero-order valence-electron chi connectivity index (χ0n) is 13.7. The lowest BCUT2D eigenvalue weighted by molar-refractivity contribution is -0.137. The molecule has 0 spiro atoms. The Morgan fingerprint density at radius 1 is 1.15 bits per heavy atom. The van der Waals surface area contributed by atoms with E-state index in [0.717, 1.165) is 12.3 Å². The molecule has 1 aromatic heterocycles. The van der Waals surface area contributed by atoms with Crippen LogP contribution in [0.4, 0.5) is 23.4 Å². The molecule has 0 aliphatic carbocycles. The molecule has 0 saturated carbocycles. The molecule has 144 valence electrons. The average molecular weight is 467 g/mol. The highest BCUT2D eigenvalue weighted by atomic mass is 79.9. The van der Waals surface area contributed by atoms with Crippen LogP contribution in [0.25, 0.3) is 0 Å². The van der Waals surface area contributed by atoms with Gasteiger partial charge in [-0.3, -0.25) is 4.79 Å². The second-order valence-electron chi connectivity index (χ2n) is 5.93. The summed E-state index contributed by atoms with van der Waals surface area (Å²) in [4.78, 5) is 19.5. The molecule has 1 amide bonds. The monoisotopic (exact) mass is 465 g/mol. The highest BCUT2D eigenvalue weighted by molar-refractivity contribution is 9.10. The van der Waals surface area contributed by atoms with Crippen LogP contribution in [0, 0.1) is 5.82 Å². The Hall–Kier alpha value is -1.87. The van der Waals surface area contributed by atoms with E-state index in [1.54, 1.807) is 4.90 Å². The maximum absolute atomic E-state index is 13.9. The van der Waals surface area contributed by atoms with Crippen molar-refractivity contribution in [2.45, 2.75) is 6.18 Å². The summed E-state index contributed by atoms with van der Waals surface area (Å²) in [6, 6.07) is 4.96. The first-order valence-corrected chi connectivity index (χ1v) is 9.06. The molecule has 4 nitrogen and oxygen atoms in total. The zero-order valence-corrected chi connectivity index (χ0v) is 16.1. The second-order valence-corrected chi connectivity index (χ2v) is 7.25. The van der Waals surface area contributed by atoms with Gasteiger partial charge in [-0.25, -0.2) is 9.37 Å². The fraction of sp³-hybridized carbons (Fsp3) is 0.294. The third kappa shape index (κ3) is 4.35. The van der Waals surface area contributed by atoms with Gasteiger partial charge < -0.3 is 9.80 Å². The van der Waals surface area contributed by atoms with Gasteiger partial charge in [0.1, 0.15) is 11.6 Å². The van der Waals surface area contributed by atoms with Gasteiger partial charge in [0.2, 0.25) is 0 Å². The van der Waals surface area contributed by atoms with Crippen LogP contribution in [0.1, 0.15) is 15.9 Å². The molecule has 1 aliphatic heterocycles. The lowest BCUT2D eigenvalue weighted by Crippen LogP contribution is -2.49. The maximum atomic E-state index is 13.9. The van der Waals surface area contributed by atoms with Crippen molar-refractivity contribution in [2.24, 2.45) is 0 Å². The number of nitrogens with zero attached hydrogens (tertiary/aromatic N) is 3. The van der Waals surface area contributed by atoms with Crippen LogP contribution in [0.3, 0.4) is 0 Å². The van der Waals surface area contributed by atoms with E-state index in [0.29, 0.717) is 17.6 Å². The molecule has 10 heteroatoms. The first-order valence-electron chi connectivity index (χ1n) is 7.89. The van der Waals surface area contributed by atoms with Crippen LogP contribution in [0.15, 0.2) is 34.9 Å². The van der Waals surface area contributed by atoms with E-state index < -0.39 is 23.5 Å². The third-order valence-corrected chi connectivity index (χ3v) is 4.95. The van der Waals surface area contributed by atoms with E-state index in [-0.39, 0.29) is 29.5 Å². The van der Waals surface area contributed by atoms with Crippen molar-refractivity contribution in [2.75, 3.05) is 31.1 Å². The normalized spacial score (nSPS) is 15.2. The van der Waals surface area contributed by atoms with Gasteiger partial charge in [0.05, 0.1) is 16.1 Å². The van der Waals surface area contributed by atoms with Crippen LogP contribution < -0.4 is 4.90 Å². The molecular weight excluding hydrogens is 454 g/mol. The average Bonchev–Trinajstić information content (AvgIpc) is 2.62. The third-order valence-electron chi connectivity index (χ3n) is 4.17. The molecule has 2 heterocycles. The van der Waals surface area contributed by atoms with Crippen molar-refractivity contribution in [1.29, 1.82) is 0 Å². The summed E-state index contributed by atoms with van der Waals surface area (Å²) in [5.74, 6) is -0.830. The summed E-state index contributed by atoms with van der Waals surface area (Å²) in [5.41, 5.74) is -0.960. The Kier molecular flexibility index (Phi) is 5.62. The van der Waals surface area contributed by atoms with Crippen molar-refractivity contribution >= 4 is 39.3 Å². The first kappa shape index (κ1) is 19.9. The molecule has 0 radical (unpaired) electrons. The number of hydrogen-bond donors (Lipinski definition) is 0. The number of carbonyl (C=O) groups is 1. The molecule has 1 fully saturated rings. The smallest absolute Gasteiger partial charge is 0.352 e. The van der Waals surface area contributed by atoms with Crippen molar-refractivity contribution in [3.05, 3.63) is 56.9 Å². The van der Waals surface area contributed by atoms with Crippen molar-refractivity contribution in [3.63, 3.8) is 0 Å². The number of amides is 1. The van der Waals surface area contributed by atoms with Crippen LogP contribution >= 0.6 is 27.5 Å². The van der Waals surface area contributed by atoms with Crippen molar-refractivity contribution < 1.29 is 22.4 Å². The van der Waals surface area contributed by atoms with Gasteiger partial charge in [0.25, 0.3) is 5.91 Å². The summed E-state index contributed by atoms with van der Waals surface area (Å²) in [6.45, 7) is 1.17. The van der Waals surface area contributed by atoms with Crippen molar-refractivity contribution in [3.8, 4) is 0 Å². The number of hydrogen-bond acceptors (Lipinski definition) is 3. The van der Waals surface area contributed by atoms with E-state index in [4.69, 9.17) is 11.6 Å². The molecule has 0 N–H and O–H groups in total. The Bertz CT molecular complexity index is 870. The van der Waals surface area contributed by atoms with E-state index in [2.05, 4.69) is 20.9 Å². The Morgan fingerprint density at radius 2 is 1.81 bits per heavy atom. The lowest BCUT2D eigenvalue weighted by atomic mass is 10.1. The number of carbonyl (C=O) groups excluding carboxylic acids is 1. The van der Waals surface area contributed by atoms with E-state index in [1.165, 1.54) is 23.1 Å². The van der Waals surface area contributed by atoms with Gasteiger partial charge in [0.15, 0.2) is 0 Å². The van der Waals surface area contributed by atoms with Crippen LogP contribution in [-0.2, 0) is 6.18 Å². The van der Waals surface area contributed by atoms with Gasteiger partial charge in [-0.15, -0.1) is 0 Å². The van der Waals surface area contributed by atoms with Gasteiger partial charge in [0, 0.05) is 36.8 Å². The van der Waals surface area contributed by atoms with Crippen LogP contribution in [0.2, 0.25) is 5.02 Å². The highest BCUT2D eigenvalue weighted by Crippen LogP contribution is 2.33. The number of rotatable bonds is 2. The molecule has 2 aromatic rings. The summed E-state index contributed by atoms with van der Waals surface area (Å²) in [6.07, 6.45) is -3.79. The number of anilines is 1. The number of pyridine rings is 1. The molecule has 27 heavy (non-hydrogen) atoms. The van der Waals surface area contributed by atoms with Crippen molar-refractivity contribution in [1.82, 2.24) is 9.88 Å².